The van der Waals surface area contributed by atoms with Crippen LogP contribution in [0, 0.1) is 0 Å². The highest BCUT2D eigenvalue weighted by Gasteiger charge is 2.22. The Balaban J connectivity index is 1.67. The molecule has 0 radical (unpaired) electrons. The van der Waals surface area contributed by atoms with E-state index in [1.807, 2.05) is 7.05 Å². The maximum Gasteiger partial charge on any atom is 0.260 e. The van der Waals surface area contributed by atoms with Crippen molar-refractivity contribution < 1.29 is 13.9 Å². The molecule has 0 atom stereocenters. The van der Waals surface area contributed by atoms with Gasteiger partial charge < -0.3 is 19.0 Å². The molecule has 2 aromatic carbocycles. The number of likely N-dealkylation sites (N-methyl/N-ethyl adjacent to an activating group) is 1. The summed E-state index contributed by atoms with van der Waals surface area (Å²) in [6.07, 6.45) is 0. The maximum atomic E-state index is 13.1. The quantitative estimate of drug-likeness (QED) is 0.658. The topological polar surface area (TPSA) is 63.0 Å². The van der Waals surface area contributed by atoms with E-state index in [4.69, 9.17) is 20.8 Å². The van der Waals surface area contributed by atoms with Gasteiger partial charge in [0.25, 0.3) is 5.91 Å². The fraction of sp³-hybridized carbons (Fsp3) is 0.273. The zero-order valence-electron chi connectivity index (χ0n) is 16.1. The Labute approximate surface area is 173 Å². The number of rotatable bonds is 4. The first-order chi connectivity index (χ1) is 14.0. The van der Waals surface area contributed by atoms with Crippen molar-refractivity contribution >= 4 is 28.5 Å². The van der Waals surface area contributed by atoms with Crippen LogP contribution in [0.4, 0.5) is 0 Å². The molecule has 0 aliphatic carbocycles. The van der Waals surface area contributed by atoms with Crippen LogP contribution in [0.1, 0.15) is 0 Å². The highest BCUT2D eigenvalue weighted by atomic mass is 35.5. The van der Waals surface area contributed by atoms with Crippen LogP contribution in [-0.4, -0.2) is 55.5 Å². The first-order valence-electron chi connectivity index (χ1n) is 9.44. The normalized spacial score (nSPS) is 14.9. The number of halogens is 1. The first kappa shape index (κ1) is 19.5. The SMILES string of the molecule is CN1CCN(C(=O)COc2c(-c3ccc(Cl)cc3)oc3ccccc3c2=O)CC1. The zero-order chi connectivity index (χ0) is 20.4. The monoisotopic (exact) mass is 412 g/mol. The molecule has 1 aromatic heterocycles. The van der Waals surface area contributed by atoms with Gasteiger partial charge in [0.15, 0.2) is 12.4 Å². The summed E-state index contributed by atoms with van der Waals surface area (Å²) in [7, 11) is 2.02. The Morgan fingerprint density at radius 1 is 1.07 bits per heavy atom. The van der Waals surface area contributed by atoms with E-state index in [2.05, 4.69) is 4.90 Å². The van der Waals surface area contributed by atoms with Crippen LogP contribution in [-0.2, 0) is 4.79 Å². The lowest BCUT2D eigenvalue weighted by Crippen LogP contribution is -2.48. The van der Waals surface area contributed by atoms with E-state index < -0.39 is 0 Å². The standard InChI is InChI=1S/C22H21ClN2O4/c1-24-10-12-25(13-11-24)19(26)14-28-22-20(27)17-4-2-3-5-18(17)29-21(22)15-6-8-16(23)9-7-15/h2-9H,10-14H2,1H3. The predicted octanol–water partition coefficient (Wildman–Crippen LogP) is 3.27. The number of para-hydroxylation sites is 1. The fourth-order valence-electron chi connectivity index (χ4n) is 3.33. The molecule has 0 spiro atoms. The lowest BCUT2D eigenvalue weighted by Gasteiger charge is -2.32. The minimum atomic E-state index is -0.303. The third-order valence-electron chi connectivity index (χ3n) is 5.06. The Hall–Kier alpha value is -2.83. The maximum absolute atomic E-state index is 13.1. The number of benzene rings is 2. The highest BCUT2D eigenvalue weighted by Crippen LogP contribution is 2.31. The van der Waals surface area contributed by atoms with Crippen LogP contribution in [0.2, 0.25) is 5.02 Å². The van der Waals surface area contributed by atoms with Crippen LogP contribution in [0.5, 0.6) is 5.75 Å². The highest BCUT2D eigenvalue weighted by molar-refractivity contribution is 6.30. The number of hydrogen-bond donors (Lipinski definition) is 0. The average Bonchev–Trinajstić information content (AvgIpc) is 2.74. The number of nitrogens with zero attached hydrogens (tertiary/aromatic N) is 2. The molecule has 1 saturated heterocycles. The van der Waals surface area contributed by atoms with Gasteiger partial charge in [0, 0.05) is 36.8 Å². The molecule has 2 heterocycles. The molecule has 1 amide bonds. The molecule has 150 valence electrons. The van der Waals surface area contributed by atoms with Crippen LogP contribution >= 0.6 is 11.6 Å². The Morgan fingerprint density at radius 2 is 1.76 bits per heavy atom. The van der Waals surface area contributed by atoms with Crippen molar-refractivity contribution in [1.29, 1.82) is 0 Å². The second-order valence-corrected chi connectivity index (χ2v) is 7.50. The van der Waals surface area contributed by atoms with Gasteiger partial charge in [-0.2, -0.15) is 0 Å². The molecule has 1 aliphatic rings. The number of ether oxygens (including phenoxy) is 1. The molecule has 0 saturated carbocycles. The van der Waals surface area contributed by atoms with E-state index >= 15 is 0 Å². The molecule has 6 nitrogen and oxygen atoms in total. The summed E-state index contributed by atoms with van der Waals surface area (Å²) in [4.78, 5) is 29.6. The van der Waals surface area contributed by atoms with E-state index in [1.54, 1.807) is 53.4 Å². The van der Waals surface area contributed by atoms with Gasteiger partial charge >= 0.3 is 0 Å². The minimum Gasteiger partial charge on any atom is -0.476 e. The molecule has 1 aliphatic heterocycles. The van der Waals surface area contributed by atoms with Crippen LogP contribution in [0.15, 0.2) is 57.7 Å². The van der Waals surface area contributed by atoms with Crippen molar-refractivity contribution in [2.45, 2.75) is 0 Å². The summed E-state index contributed by atoms with van der Waals surface area (Å²) in [5, 5.41) is 0.983. The van der Waals surface area contributed by atoms with Crippen LogP contribution in [0.3, 0.4) is 0 Å². The molecule has 7 heteroatoms. The van der Waals surface area contributed by atoms with Gasteiger partial charge in [0.1, 0.15) is 5.58 Å². The summed E-state index contributed by atoms with van der Waals surface area (Å²) < 4.78 is 11.8. The van der Waals surface area contributed by atoms with Crippen molar-refractivity contribution in [2.24, 2.45) is 0 Å². The predicted molar refractivity (Wildman–Crippen MR) is 113 cm³/mol. The second-order valence-electron chi connectivity index (χ2n) is 7.07. The number of carbonyl (C=O) groups excluding carboxylic acids is 1. The Bertz CT molecular complexity index is 1090. The zero-order valence-corrected chi connectivity index (χ0v) is 16.8. The summed E-state index contributed by atoms with van der Waals surface area (Å²) in [6.45, 7) is 2.72. The number of amides is 1. The Kier molecular flexibility index (Phi) is 5.56. The second kappa shape index (κ2) is 8.27. The molecule has 1 fully saturated rings. The van der Waals surface area contributed by atoms with Gasteiger partial charge in [-0.3, -0.25) is 9.59 Å². The van der Waals surface area contributed by atoms with Gasteiger partial charge in [-0.15, -0.1) is 0 Å². The lowest BCUT2D eigenvalue weighted by molar-refractivity contribution is -0.134. The van der Waals surface area contributed by atoms with Gasteiger partial charge in [-0.25, -0.2) is 0 Å². The molecule has 4 rings (SSSR count). The van der Waals surface area contributed by atoms with Crippen molar-refractivity contribution in [3.63, 3.8) is 0 Å². The summed E-state index contributed by atoms with van der Waals surface area (Å²) in [6, 6.07) is 13.9. The fourth-order valence-corrected chi connectivity index (χ4v) is 3.45. The molecular formula is C22H21ClN2O4. The number of piperazine rings is 1. The molecule has 29 heavy (non-hydrogen) atoms. The number of carbonyl (C=O) groups is 1. The Morgan fingerprint density at radius 3 is 2.48 bits per heavy atom. The molecule has 3 aromatic rings. The van der Waals surface area contributed by atoms with Gasteiger partial charge in [-0.1, -0.05) is 23.7 Å². The lowest BCUT2D eigenvalue weighted by atomic mass is 10.1. The smallest absolute Gasteiger partial charge is 0.260 e. The van der Waals surface area contributed by atoms with Gasteiger partial charge in [0.05, 0.1) is 5.39 Å². The molecule has 0 bridgehead atoms. The van der Waals surface area contributed by atoms with E-state index in [9.17, 15) is 9.59 Å². The summed E-state index contributed by atoms with van der Waals surface area (Å²) in [5.74, 6) is 0.178. The van der Waals surface area contributed by atoms with Crippen molar-refractivity contribution in [2.75, 3.05) is 39.8 Å². The molecular weight excluding hydrogens is 392 g/mol. The average molecular weight is 413 g/mol. The third kappa shape index (κ3) is 4.13. The van der Waals surface area contributed by atoms with Crippen molar-refractivity contribution in [3.8, 4) is 17.1 Å². The minimum absolute atomic E-state index is 0.0356. The third-order valence-corrected chi connectivity index (χ3v) is 5.31. The van der Waals surface area contributed by atoms with Crippen molar-refractivity contribution in [1.82, 2.24) is 9.80 Å². The summed E-state index contributed by atoms with van der Waals surface area (Å²) in [5.41, 5.74) is 0.808. The van der Waals surface area contributed by atoms with E-state index in [1.165, 1.54) is 0 Å². The first-order valence-corrected chi connectivity index (χ1v) is 9.81. The van der Waals surface area contributed by atoms with E-state index in [0.29, 0.717) is 34.6 Å². The van der Waals surface area contributed by atoms with Crippen molar-refractivity contribution in [3.05, 3.63) is 63.8 Å². The summed E-state index contributed by atoms with van der Waals surface area (Å²) >= 11 is 5.99. The molecule has 0 unspecified atom stereocenters. The number of fused-ring (bicyclic) bond motifs is 1. The van der Waals surface area contributed by atoms with Crippen LogP contribution < -0.4 is 10.2 Å². The van der Waals surface area contributed by atoms with Crippen LogP contribution in [0.25, 0.3) is 22.3 Å². The van der Waals surface area contributed by atoms with Gasteiger partial charge in [-0.05, 0) is 43.4 Å². The largest absolute Gasteiger partial charge is 0.476 e. The molecule has 0 N–H and O–H groups in total. The van der Waals surface area contributed by atoms with E-state index in [-0.39, 0.29) is 29.5 Å². The number of hydrogen-bond acceptors (Lipinski definition) is 5. The van der Waals surface area contributed by atoms with Gasteiger partial charge in [0.2, 0.25) is 11.2 Å². The van der Waals surface area contributed by atoms with E-state index in [0.717, 1.165) is 13.1 Å².